The molecule has 0 radical (unpaired) electrons. The summed E-state index contributed by atoms with van der Waals surface area (Å²) in [5, 5.41) is 0.911. The number of nitrogens with zero attached hydrogens (tertiary/aromatic N) is 2. The molecule has 1 fully saturated rings. The van der Waals surface area contributed by atoms with Crippen molar-refractivity contribution in [2.75, 3.05) is 0 Å². The minimum absolute atomic E-state index is 0.0727. The number of benzene rings is 1. The Morgan fingerprint density at radius 2 is 2.00 bits per heavy atom. The van der Waals surface area contributed by atoms with Crippen molar-refractivity contribution >= 4 is 16.9 Å². The third-order valence-electron chi connectivity index (χ3n) is 5.31. The molecule has 0 atom stereocenters. The maximum atomic E-state index is 14.1. The van der Waals surface area contributed by atoms with Crippen LogP contribution in [0.2, 0.25) is 0 Å². The standard InChI is InChI=1S/C21H21F2N3O/c22-16-7-8-19(23)15(10-16)13-26(17-4-1-2-5-17)20(27)11-14-12-25-21-18(14)6-3-9-24-21/h3,6-10,12,17H,1-2,4-5,11,13H2,(H,24,25). The third kappa shape index (κ3) is 3.70. The first-order valence-electron chi connectivity index (χ1n) is 9.26. The Labute approximate surface area is 156 Å². The van der Waals surface area contributed by atoms with E-state index in [1.807, 2.05) is 12.1 Å². The summed E-state index contributed by atoms with van der Waals surface area (Å²) < 4.78 is 27.7. The van der Waals surface area contributed by atoms with Crippen molar-refractivity contribution in [2.45, 2.75) is 44.7 Å². The molecule has 1 N–H and O–H groups in total. The van der Waals surface area contributed by atoms with Gasteiger partial charge in [0.2, 0.25) is 5.91 Å². The fraction of sp³-hybridized carbons (Fsp3) is 0.333. The zero-order valence-corrected chi connectivity index (χ0v) is 14.9. The molecule has 4 rings (SSSR count). The molecule has 0 spiro atoms. The van der Waals surface area contributed by atoms with Crippen LogP contribution in [0.1, 0.15) is 36.8 Å². The number of halogens is 2. The summed E-state index contributed by atoms with van der Waals surface area (Å²) in [5.41, 5.74) is 1.82. The van der Waals surface area contributed by atoms with E-state index in [0.717, 1.165) is 54.4 Å². The van der Waals surface area contributed by atoms with E-state index in [9.17, 15) is 13.6 Å². The third-order valence-corrected chi connectivity index (χ3v) is 5.31. The quantitative estimate of drug-likeness (QED) is 0.727. The summed E-state index contributed by atoms with van der Waals surface area (Å²) in [6.45, 7) is 0.0910. The monoisotopic (exact) mass is 369 g/mol. The lowest BCUT2D eigenvalue weighted by Crippen LogP contribution is -2.39. The summed E-state index contributed by atoms with van der Waals surface area (Å²) in [5.74, 6) is -1.05. The van der Waals surface area contributed by atoms with Gasteiger partial charge in [-0.15, -0.1) is 0 Å². The Bertz CT molecular complexity index is 963. The molecule has 6 heteroatoms. The number of carbonyl (C=O) groups excluding carboxylic acids is 1. The van der Waals surface area contributed by atoms with Gasteiger partial charge in [0.15, 0.2) is 0 Å². The zero-order chi connectivity index (χ0) is 18.8. The van der Waals surface area contributed by atoms with Gasteiger partial charge < -0.3 is 9.88 Å². The van der Waals surface area contributed by atoms with Gasteiger partial charge in [-0.1, -0.05) is 12.8 Å². The number of hydrogen-bond acceptors (Lipinski definition) is 2. The molecule has 0 unspecified atom stereocenters. The minimum Gasteiger partial charge on any atom is -0.346 e. The summed E-state index contributed by atoms with van der Waals surface area (Å²) in [7, 11) is 0. The van der Waals surface area contributed by atoms with Crippen molar-refractivity contribution in [3.63, 3.8) is 0 Å². The molecule has 1 amide bonds. The van der Waals surface area contributed by atoms with Crippen LogP contribution in [0.3, 0.4) is 0 Å². The number of fused-ring (bicyclic) bond motifs is 1. The molecule has 2 aromatic heterocycles. The number of aromatic nitrogens is 2. The first kappa shape index (κ1) is 17.6. The van der Waals surface area contributed by atoms with Crippen molar-refractivity contribution in [2.24, 2.45) is 0 Å². The average Bonchev–Trinajstić information content (AvgIpc) is 3.33. The molecule has 140 valence electrons. The Kier molecular flexibility index (Phi) is 4.88. The lowest BCUT2D eigenvalue weighted by atomic mass is 10.1. The van der Waals surface area contributed by atoms with E-state index < -0.39 is 11.6 Å². The average molecular weight is 369 g/mol. The highest BCUT2D eigenvalue weighted by Gasteiger charge is 2.28. The Morgan fingerprint density at radius 3 is 2.81 bits per heavy atom. The minimum atomic E-state index is -0.493. The number of rotatable bonds is 5. The van der Waals surface area contributed by atoms with E-state index in [1.54, 1.807) is 17.3 Å². The van der Waals surface area contributed by atoms with E-state index in [2.05, 4.69) is 9.97 Å². The summed E-state index contributed by atoms with van der Waals surface area (Å²) in [6.07, 6.45) is 7.61. The van der Waals surface area contributed by atoms with Crippen molar-refractivity contribution in [3.05, 3.63) is 65.5 Å². The van der Waals surface area contributed by atoms with Gasteiger partial charge in [0, 0.05) is 35.9 Å². The SMILES string of the molecule is O=C(Cc1c[nH]c2ncccc12)N(Cc1cc(F)ccc1F)C1CCCC1. The number of H-pyrrole nitrogens is 1. The maximum Gasteiger partial charge on any atom is 0.227 e. The van der Waals surface area contributed by atoms with Crippen LogP contribution in [0.25, 0.3) is 11.0 Å². The molecule has 0 bridgehead atoms. The maximum absolute atomic E-state index is 14.1. The number of amides is 1. The lowest BCUT2D eigenvalue weighted by molar-refractivity contribution is -0.133. The van der Waals surface area contributed by atoms with Crippen LogP contribution in [-0.4, -0.2) is 26.8 Å². The van der Waals surface area contributed by atoms with Crippen LogP contribution < -0.4 is 0 Å². The molecular weight excluding hydrogens is 348 g/mol. The molecule has 1 aliphatic carbocycles. The Hall–Kier alpha value is -2.76. The lowest BCUT2D eigenvalue weighted by Gasteiger charge is -2.29. The molecule has 3 aromatic rings. The van der Waals surface area contributed by atoms with Crippen LogP contribution in [0.5, 0.6) is 0 Å². The summed E-state index contributed by atoms with van der Waals surface area (Å²) in [4.78, 5) is 22.2. The van der Waals surface area contributed by atoms with Gasteiger partial charge >= 0.3 is 0 Å². The van der Waals surface area contributed by atoms with Gasteiger partial charge in [-0.05, 0) is 48.7 Å². The number of nitrogens with one attached hydrogen (secondary N) is 1. The normalized spacial score (nSPS) is 14.7. The number of hydrogen-bond donors (Lipinski definition) is 1. The topological polar surface area (TPSA) is 49.0 Å². The predicted octanol–water partition coefficient (Wildman–Crippen LogP) is 4.36. The van der Waals surface area contributed by atoms with E-state index in [1.165, 1.54) is 6.07 Å². The van der Waals surface area contributed by atoms with Crippen LogP contribution in [0, 0.1) is 11.6 Å². The van der Waals surface area contributed by atoms with Crippen molar-refractivity contribution < 1.29 is 13.6 Å². The second-order valence-corrected chi connectivity index (χ2v) is 7.09. The second-order valence-electron chi connectivity index (χ2n) is 7.09. The molecule has 1 saturated carbocycles. The first-order valence-corrected chi connectivity index (χ1v) is 9.26. The largest absolute Gasteiger partial charge is 0.346 e. The fourth-order valence-corrected chi connectivity index (χ4v) is 3.91. The van der Waals surface area contributed by atoms with Crippen LogP contribution >= 0.6 is 0 Å². The highest BCUT2D eigenvalue weighted by Crippen LogP contribution is 2.27. The van der Waals surface area contributed by atoms with E-state index >= 15 is 0 Å². The van der Waals surface area contributed by atoms with Gasteiger partial charge in [-0.3, -0.25) is 4.79 Å². The number of carbonyl (C=O) groups is 1. The highest BCUT2D eigenvalue weighted by molar-refractivity contribution is 5.87. The Balaban J connectivity index is 1.60. The number of aromatic amines is 1. The van der Waals surface area contributed by atoms with Crippen LogP contribution in [-0.2, 0) is 17.8 Å². The predicted molar refractivity (Wildman–Crippen MR) is 99.0 cm³/mol. The molecule has 27 heavy (non-hydrogen) atoms. The molecule has 1 aliphatic rings. The van der Waals surface area contributed by atoms with Gasteiger partial charge in [0.25, 0.3) is 0 Å². The molecule has 0 saturated heterocycles. The molecular formula is C21H21F2N3O. The van der Waals surface area contributed by atoms with Gasteiger partial charge in [0.05, 0.1) is 6.42 Å². The van der Waals surface area contributed by atoms with Crippen LogP contribution in [0.4, 0.5) is 8.78 Å². The number of pyridine rings is 1. The first-order chi connectivity index (χ1) is 13.1. The van der Waals surface area contributed by atoms with Crippen molar-refractivity contribution in [3.8, 4) is 0 Å². The van der Waals surface area contributed by atoms with Crippen molar-refractivity contribution in [1.82, 2.24) is 14.9 Å². The van der Waals surface area contributed by atoms with Crippen molar-refractivity contribution in [1.29, 1.82) is 0 Å². The van der Waals surface area contributed by atoms with E-state index in [0.29, 0.717) is 0 Å². The van der Waals surface area contributed by atoms with E-state index in [-0.39, 0.29) is 30.5 Å². The second kappa shape index (κ2) is 7.47. The highest BCUT2D eigenvalue weighted by atomic mass is 19.1. The fourth-order valence-electron chi connectivity index (χ4n) is 3.91. The summed E-state index contributed by atoms with van der Waals surface area (Å²) >= 11 is 0. The Morgan fingerprint density at radius 1 is 1.19 bits per heavy atom. The van der Waals surface area contributed by atoms with Gasteiger partial charge in [0.1, 0.15) is 17.3 Å². The van der Waals surface area contributed by atoms with Crippen LogP contribution in [0.15, 0.2) is 42.7 Å². The molecule has 1 aromatic carbocycles. The zero-order valence-electron chi connectivity index (χ0n) is 14.9. The molecule has 2 heterocycles. The smallest absolute Gasteiger partial charge is 0.227 e. The molecule has 4 nitrogen and oxygen atoms in total. The molecule has 0 aliphatic heterocycles. The van der Waals surface area contributed by atoms with Gasteiger partial charge in [-0.25, -0.2) is 13.8 Å². The summed E-state index contributed by atoms with van der Waals surface area (Å²) in [6, 6.07) is 7.23. The van der Waals surface area contributed by atoms with Gasteiger partial charge in [-0.2, -0.15) is 0 Å². The van der Waals surface area contributed by atoms with E-state index in [4.69, 9.17) is 0 Å².